The first-order valence-electron chi connectivity index (χ1n) is 6.15. The van der Waals surface area contributed by atoms with Crippen LogP contribution >= 0.6 is 0 Å². The molecular weight excluding hydrogens is 218 g/mol. The lowest BCUT2D eigenvalue weighted by Gasteiger charge is -2.22. The molecule has 4 N–H and O–H groups in total. The largest absolute Gasteiger partial charge is 0.409 e. The van der Waals surface area contributed by atoms with Gasteiger partial charge in [0, 0.05) is 19.1 Å². The normalized spacial score (nSPS) is 14.9. The van der Waals surface area contributed by atoms with E-state index in [-0.39, 0.29) is 11.5 Å². The molecule has 0 amide bonds. The highest BCUT2D eigenvalue weighted by atomic mass is 16.5. The minimum absolute atomic E-state index is 0.228. The molecule has 0 radical (unpaired) electrons. The van der Waals surface area contributed by atoms with Crippen LogP contribution < -0.4 is 11.1 Å². The highest BCUT2D eigenvalue weighted by Crippen LogP contribution is 2.22. The van der Waals surface area contributed by atoms with Crippen molar-refractivity contribution in [1.82, 2.24) is 5.32 Å². The van der Waals surface area contributed by atoms with Gasteiger partial charge >= 0.3 is 0 Å². The van der Waals surface area contributed by atoms with Gasteiger partial charge in [-0.2, -0.15) is 0 Å². The molecule has 0 heterocycles. The maximum atomic E-state index is 8.64. The molecule has 0 fully saturated rings. The summed E-state index contributed by atoms with van der Waals surface area (Å²) in [4.78, 5) is 0. The third-order valence-electron chi connectivity index (χ3n) is 3.04. The van der Waals surface area contributed by atoms with Crippen LogP contribution in [0.15, 0.2) is 5.16 Å². The van der Waals surface area contributed by atoms with Gasteiger partial charge in [0.05, 0.1) is 6.10 Å². The third kappa shape index (κ3) is 7.18. The molecule has 102 valence electrons. The second-order valence-electron chi connectivity index (χ2n) is 5.08. The molecule has 0 saturated heterocycles. The summed E-state index contributed by atoms with van der Waals surface area (Å²) in [6.45, 7) is 7.86. The Bertz CT molecular complexity index is 230. The summed E-state index contributed by atoms with van der Waals surface area (Å²) in [5, 5.41) is 15.0. The molecule has 1 unspecified atom stereocenters. The van der Waals surface area contributed by atoms with Crippen LogP contribution in [0.4, 0.5) is 0 Å². The summed E-state index contributed by atoms with van der Waals surface area (Å²) >= 11 is 0. The van der Waals surface area contributed by atoms with Crippen LogP contribution in [0.5, 0.6) is 0 Å². The van der Waals surface area contributed by atoms with E-state index in [1.807, 2.05) is 20.8 Å². The molecule has 0 aliphatic carbocycles. The molecule has 0 rings (SSSR count). The SMILES string of the molecule is COC(C)CNCCCCC(C)(C)C(N)=NO. The van der Waals surface area contributed by atoms with Gasteiger partial charge in [-0.25, -0.2) is 0 Å². The van der Waals surface area contributed by atoms with Gasteiger partial charge in [0.1, 0.15) is 5.84 Å². The number of hydrogen-bond donors (Lipinski definition) is 3. The summed E-state index contributed by atoms with van der Waals surface area (Å²) in [5.41, 5.74) is 5.39. The zero-order valence-electron chi connectivity index (χ0n) is 11.5. The van der Waals surface area contributed by atoms with Crippen molar-refractivity contribution in [2.45, 2.75) is 46.1 Å². The fourth-order valence-electron chi connectivity index (χ4n) is 1.47. The number of nitrogens with two attached hydrogens (primary N) is 1. The molecule has 0 aromatic heterocycles. The van der Waals surface area contributed by atoms with Gasteiger partial charge < -0.3 is 21.0 Å². The second-order valence-corrected chi connectivity index (χ2v) is 5.08. The Morgan fingerprint density at radius 3 is 2.65 bits per heavy atom. The monoisotopic (exact) mass is 245 g/mol. The number of rotatable bonds is 9. The lowest BCUT2D eigenvalue weighted by atomic mass is 9.86. The molecule has 17 heavy (non-hydrogen) atoms. The minimum Gasteiger partial charge on any atom is -0.409 e. The topological polar surface area (TPSA) is 79.9 Å². The van der Waals surface area contributed by atoms with E-state index in [1.165, 1.54) is 0 Å². The zero-order valence-corrected chi connectivity index (χ0v) is 11.5. The van der Waals surface area contributed by atoms with Crippen molar-refractivity contribution in [1.29, 1.82) is 0 Å². The van der Waals surface area contributed by atoms with Crippen molar-refractivity contribution >= 4 is 5.84 Å². The lowest BCUT2D eigenvalue weighted by molar-refractivity contribution is 0.117. The molecule has 5 heteroatoms. The quantitative estimate of drug-likeness (QED) is 0.189. The number of ether oxygens (including phenoxy) is 1. The highest BCUT2D eigenvalue weighted by Gasteiger charge is 2.22. The summed E-state index contributed by atoms with van der Waals surface area (Å²) in [6, 6.07) is 0. The van der Waals surface area contributed by atoms with Crippen molar-refractivity contribution in [3.63, 3.8) is 0 Å². The van der Waals surface area contributed by atoms with Crippen LogP contribution in [0.1, 0.15) is 40.0 Å². The molecule has 0 spiro atoms. The van der Waals surface area contributed by atoms with E-state index in [4.69, 9.17) is 15.7 Å². The Labute approximate surface area is 104 Å². The Morgan fingerprint density at radius 2 is 2.12 bits per heavy atom. The number of hydrogen-bond acceptors (Lipinski definition) is 4. The van der Waals surface area contributed by atoms with Gasteiger partial charge in [0.25, 0.3) is 0 Å². The number of methoxy groups -OCH3 is 1. The van der Waals surface area contributed by atoms with Crippen molar-refractivity contribution in [3.8, 4) is 0 Å². The van der Waals surface area contributed by atoms with Crippen LogP contribution in [0.25, 0.3) is 0 Å². The van der Waals surface area contributed by atoms with E-state index in [1.54, 1.807) is 7.11 Å². The smallest absolute Gasteiger partial charge is 0.144 e. The van der Waals surface area contributed by atoms with E-state index < -0.39 is 0 Å². The fraction of sp³-hybridized carbons (Fsp3) is 0.917. The van der Waals surface area contributed by atoms with Crippen LogP contribution in [-0.2, 0) is 4.74 Å². The van der Waals surface area contributed by atoms with E-state index in [0.29, 0.717) is 5.84 Å². The molecule has 0 aliphatic heterocycles. The van der Waals surface area contributed by atoms with Crippen molar-refractivity contribution in [2.24, 2.45) is 16.3 Å². The Morgan fingerprint density at radius 1 is 1.47 bits per heavy atom. The predicted molar refractivity (Wildman–Crippen MR) is 70.4 cm³/mol. The molecule has 0 aromatic rings. The maximum Gasteiger partial charge on any atom is 0.144 e. The highest BCUT2D eigenvalue weighted by molar-refractivity contribution is 5.85. The van der Waals surface area contributed by atoms with Crippen molar-refractivity contribution < 1.29 is 9.94 Å². The Balaban J connectivity index is 3.58. The standard InChI is InChI=1S/C12H27N3O2/c1-10(17-4)9-14-8-6-5-7-12(2,3)11(13)15-16/h10,14,16H,5-9H2,1-4H3,(H2,13,15). The van der Waals surface area contributed by atoms with Crippen LogP contribution in [0, 0.1) is 5.41 Å². The fourth-order valence-corrected chi connectivity index (χ4v) is 1.47. The molecule has 0 aromatic carbocycles. The number of oxime groups is 1. The van der Waals surface area contributed by atoms with Gasteiger partial charge in [0.15, 0.2) is 0 Å². The molecule has 0 bridgehead atoms. The summed E-state index contributed by atoms with van der Waals surface area (Å²) in [6.07, 6.45) is 3.31. The maximum absolute atomic E-state index is 8.64. The average molecular weight is 245 g/mol. The van der Waals surface area contributed by atoms with Gasteiger partial charge in [-0.15, -0.1) is 0 Å². The molecule has 0 saturated carbocycles. The first-order valence-corrected chi connectivity index (χ1v) is 6.15. The molecule has 5 nitrogen and oxygen atoms in total. The second kappa shape index (κ2) is 8.31. The summed E-state index contributed by atoms with van der Waals surface area (Å²) < 4.78 is 5.13. The first-order chi connectivity index (χ1) is 7.94. The Kier molecular flexibility index (Phi) is 7.91. The summed E-state index contributed by atoms with van der Waals surface area (Å²) in [5.74, 6) is 0.304. The first kappa shape index (κ1) is 16.2. The molecule has 1 atom stereocenters. The number of nitrogens with zero attached hydrogens (tertiary/aromatic N) is 1. The minimum atomic E-state index is -0.228. The number of nitrogens with one attached hydrogen (secondary N) is 1. The molecule has 0 aliphatic rings. The van der Waals surface area contributed by atoms with Crippen molar-refractivity contribution in [2.75, 3.05) is 20.2 Å². The van der Waals surface area contributed by atoms with Crippen molar-refractivity contribution in [3.05, 3.63) is 0 Å². The average Bonchev–Trinajstić information content (AvgIpc) is 2.31. The predicted octanol–water partition coefficient (Wildman–Crippen LogP) is 1.55. The zero-order chi connectivity index (χ0) is 13.3. The van der Waals surface area contributed by atoms with Crippen LogP contribution in [0.2, 0.25) is 0 Å². The summed E-state index contributed by atoms with van der Waals surface area (Å²) in [7, 11) is 1.71. The van der Waals surface area contributed by atoms with E-state index in [0.717, 1.165) is 32.4 Å². The van der Waals surface area contributed by atoms with E-state index in [9.17, 15) is 0 Å². The third-order valence-corrected chi connectivity index (χ3v) is 3.04. The van der Waals surface area contributed by atoms with E-state index in [2.05, 4.69) is 10.5 Å². The van der Waals surface area contributed by atoms with Gasteiger partial charge in [-0.1, -0.05) is 25.4 Å². The van der Waals surface area contributed by atoms with Crippen LogP contribution in [-0.4, -0.2) is 37.3 Å². The van der Waals surface area contributed by atoms with Crippen LogP contribution in [0.3, 0.4) is 0 Å². The number of unbranched alkanes of at least 4 members (excludes halogenated alkanes) is 1. The van der Waals surface area contributed by atoms with Gasteiger partial charge in [-0.3, -0.25) is 0 Å². The van der Waals surface area contributed by atoms with Gasteiger partial charge in [0.2, 0.25) is 0 Å². The lowest BCUT2D eigenvalue weighted by Crippen LogP contribution is -2.32. The Hall–Kier alpha value is -0.810. The molecular formula is C12H27N3O2. The van der Waals surface area contributed by atoms with Gasteiger partial charge in [-0.05, 0) is 26.3 Å². The number of amidine groups is 1. The van der Waals surface area contributed by atoms with E-state index >= 15 is 0 Å².